The Morgan fingerprint density at radius 2 is 2.14 bits per heavy atom. The van der Waals surface area contributed by atoms with E-state index in [-0.39, 0.29) is 4.65 Å². The third-order valence-electron chi connectivity index (χ3n) is 4.89. The first-order valence-electron chi connectivity index (χ1n) is 7.37. The first-order valence-corrected chi connectivity index (χ1v) is 8.12. The molecule has 3 saturated heterocycles. The molecule has 118 valence electrons. The Balaban J connectivity index is 1.50. The van der Waals surface area contributed by atoms with Gasteiger partial charge in [0.1, 0.15) is 6.54 Å². The number of hydrogen-bond donors (Lipinski definition) is 1. The van der Waals surface area contributed by atoms with Gasteiger partial charge in [-0.25, -0.2) is 9.98 Å². The summed E-state index contributed by atoms with van der Waals surface area (Å²) in [5.41, 5.74) is -0.459. The highest BCUT2D eigenvalue weighted by Crippen LogP contribution is 2.44. The Hall–Kier alpha value is -1.08. The molecule has 0 radical (unpaired) electrons. The molecule has 1 spiro atoms. The molecule has 6 nitrogen and oxygen atoms in total. The summed E-state index contributed by atoms with van der Waals surface area (Å²) in [6, 6.07) is 1.99. The van der Waals surface area contributed by atoms with Crippen LogP contribution in [-0.4, -0.2) is 47.4 Å². The fourth-order valence-corrected chi connectivity index (χ4v) is 4.20. The summed E-state index contributed by atoms with van der Waals surface area (Å²) in [4.78, 5) is 8.56. The molecule has 0 aliphatic carbocycles. The van der Waals surface area contributed by atoms with E-state index < -0.39 is 5.60 Å². The minimum atomic E-state index is -0.459. The Labute approximate surface area is 138 Å². The summed E-state index contributed by atoms with van der Waals surface area (Å²) in [6.45, 7) is 2.40. The third-order valence-corrected chi connectivity index (χ3v) is 5.39. The van der Waals surface area contributed by atoms with Crippen molar-refractivity contribution in [2.45, 2.75) is 18.4 Å². The SMILES string of the molecule is [O-][N+]12CCC(CC1)[C@]1(CN=C(Nc3ncc(Cl)cc3Cl)O1)C2. The van der Waals surface area contributed by atoms with Crippen molar-refractivity contribution in [2.24, 2.45) is 10.9 Å². The first-order chi connectivity index (χ1) is 10.5. The van der Waals surface area contributed by atoms with Gasteiger partial charge < -0.3 is 14.6 Å². The number of hydrogen-bond acceptors (Lipinski definition) is 5. The first kappa shape index (κ1) is 14.5. The second kappa shape index (κ2) is 4.96. The number of aliphatic imine (C=N–C) groups is 1. The number of pyridine rings is 1. The molecular weight excluding hydrogens is 327 g/mol. The van der Waals surface area contributed by atoms with Crippen LogP contribution in [0.25, 0.3) is 0 Å². The number of amidine groups is 1. The molecular formula is C14H16Cl2N4O2. The molecule has 1 atom stereocenters. The summed E-state index contributed by atoms with van der Waals surface area (Å²) in [5.74, 6) is 0.854. The van der Waals surface area contributed by atoms with Gasteiger partial charge >= 0.3 is 0 Å². The fourth-order valence-electron chi connectivity index (χ4n) is 3.77. The maximum absolute atomic E-state index is 12.6. The van der Waals surface area contributed by atoms with Crippen LogP contribution in [0.4, 0.5) is 5.82 Å². The van der Waals surface area contributed by atoms with E-state index in [1.165, 1.54) is 6.20 Å². The zero-order valence-corrected chi connectivity index (χ0v) is 13.4. The molecule has 4 aliphatic heterocycles. The zero-order chi connectivity index (χ0) is 15.4. The second-order valence-corrected chi connectivity index (χ2v) is 7.18. The molecule has 0 amide bonds. The molecule has 0 saturated carbocycles. The highest BCUT2D eigenvalue weighted by Gasteiger charge is 2.56. The lowest BCUT2D eigenvalue weighted by Crippen LogP contribution is -2.67. The fraction of sp³-hybridized carbons (Fsp3) is 0.571. The molecule has 1 aromatic heterocycles. The number of nitrogens with zero attached hydrogens (tertiary/aromatic N) is 3. The Morgan fingerprint density at radius 3 is 2.82 bits per heavy atom. The highest BCUT2D eigenvalue weighted by atomic mass is 35.5. The smallest absolute Gasteiger partial charge is 0.291 e. The van der Waals surface area contributed by atoms with Gasteiger partial charge in [0.25, 0.3) is 6.02 Å². The van der Waals surface area contributed by atoms with E-state index >= 15 is 0 Å². The van der Waals surface area contributed by atoms with Gasteiger partial charge in [0.05, 0.1) is 29.7 Å². The number of anilines is 1. The predicted molar refractivity (Wildman–Crippen MR) is 85.0 cm³/mol. The van der Waals surface area contributed by atoms with E-state index in [0.717, 1.165) is 12.8 Å². The van der Waals surface area contributed by atoms with E-state index in [1.54, 1.807) is 6.07 Å². The van der Waals surface area contributed by atoms with Gasteiger partial charge in [-0.2, -0.15) is 0 Å². The monoisotopic (exact) mass is 342 g/mol. The quantitative estimate of drug-likeness (QED) is 0.629. The van der Waals surface area contributed by atoms with Crippen LogP contribution in [0.1, 0.15) is 12.8 Å². The summed E-state index contributed by atoms with van der Waals surface area (Å²) in [6.07, 6.45) is 3.33. The number of aromatic nitrogens is 1. The van der Waals surface area contributed by atoms with Crippen LogP contribution in [0.5, 0.6) is 0 Å². The highest BCUT2D eigenvalue weighted by molar-refractivity contribution is 6.36. The maximum Gasteiger partial charge on any atom is 0.291 e. The third kappa shape index (κ3) is 2.34. The van der Waals surface area contributed by atoms with Crippen LogP contribution in [0.15, 0.2) is 17.3 Å². The molecule has 5 rings (SSSR count). The van der Waals surface area contributed by atoms with Crippen LogP contribution in [0.2, 0.25) is 10.0 Å². The van der Waals surface area contributed by atoms with Gasteiger partial charge in [0.2, 0.25) is 0 Å². The lowest BCUT2D eigenvalue weighted by Gasteiger charge is -2.58. The number of nitrogens with one attached hydrogen (secondary N) is 1. The van der Waals surface area contributed by atoms with Crippen LogP contribution >= 0.6 is 23.2 Å². The molecule has 22 heavy (non-hydrogen) atoms. The van der Waals surface area contributed by atoms with Crippen molar-refractivity contribution in [1.29, 1.82) is 0 Å². The van der Waals surface area contributed by atoms with Crippen molar-refractivity contribution in [2.75, 3.05) is 31.5 Å². The van der Waals surface area contributed by atoms with Gasteiger partial charge in [-0.15, -0.1) is 0 Å². The second-order valence-electron chi connectivity index (χ2n) is 6.33. The number of fused-ring (bicyclic) bond motifs is 2. The molecule has 1 aromatic rings. The standard InChI is InChI=1S/C14H16Cl2N4O2/c15-10-5-11(16)12(17-6-10)19-13-18-7-14(22-13)8-20(21)3-1-9(14)2-4-20/h5-6,9H,1-4,7-8H2,(H,17,18,19)/t9?,14-,20?/m0/s1. The van der Waals surface area contributed by atoms with Crippen molar-refractivity contribution < 1.29 is 9.38 Å². The maximum atomic E-state index is 12.6. The van der Waals surface area contributed by atoms with Crippen LogP contribution in [-0.2, 0) is 4.74 Å². The average Bonchev–Trinajstić information content (AvgIpc) is 2.85. The molecule has 1 N–H and O–H groups in total. The average molecular weight is 343 g/mol. The lowest BCUT2D eigenvalue weighted by atomic mass is 9.75. The van der Waals surface area contributed by atoms with Crippen LogP contribution < -0.4 is 5.32 Å². The van der Waals surface area contributed by atoms with E-state index in [2.05, 4.69) is 15.3 Å². The van der Waals surface area contributed by atoms with Crippen LogP contribution in [0, 0.1) is 11.1 Å². The van der Waals surface area contributed by atoms with Gasteiger partial charge in [-0.05, 0) is 6.07 Å². The summed E-state index contributed by atoms with van der Waals surface area (Å²) in [7, 11) is 0. The van der Waals surface area contributed by atoms with E-state index in [4.69, 9.17) is 27.9 Å². The Kier molecular flexibility index (Phi) is 3.27. The van der Waals surface area contributed by atoms with E-state index in [0.29, 0.717) is 54.0 Å². The number of rotatable bonds is 1. The normalized spacial score (nSPS) is 36.3. The molecule has 0 unspecified atom stereocenters. The van der Waals surface area contributed by atoms with Gasteiger partial charge in [0, 0.05) is 25.0 Å². The van der Waals surface area contributed by atoms with Crippen molar-refractivity contribution in [3.63, 3.8) is 0 Å². The number of hydroxylamine groups is 3. The summed E-state index contributed by atoms with van der Waals surface area (Å²) < 4.78 is 5.92. The number of quaternary nitrogens is 1. The number of piperidine rings is 3. The zero-order valence-electron chi connectivity index (χ0n) is 11.9. The van der Waals surface area contributed by atoms with Gasteiger partial charge in [0.15, 0.2) is 11.4 Å². The van der Waals surface area contributed by atoms with E-state index in [1.807, 2.05) is 0 Å². The molecule has 3 fully saturated rings. The summed E-state index contributed by atoms with van der Waals surface area (Å²) >= 11 is 11.9. The van der Waals surface area contributed by atoms with Crippen molar-refractivity contribution >= 4 is 35.0 Å². The van der Waals surface area contributed by atoms with Crippen molar-refractivity contribution in [3.05, 3.63) is 27.5 Å². The largest absolute Gasteiger partial charge is 0.633 e. The molecule has 8 heteroatoms. The number of halogens is 2. The molecule has 5 heterocycles. The topological polar surface area (TPSA) is 69.6 Å². The van der Waals surface area contributed by atoms with Gasteiger partial charge in [-0.1, -0.05) is 23.2 Å². The van der Waals surface area contributed by atoms with Gasteiger partial charge in [-0.3, -0.25) is 5.32 Å². The predicted octanol–water partition coefficient (Wildman–Crippen LogP) is 2.66. The number of ether oxygens (including phenoxy) is 1. The molecule has 4 aliphatic rings. The minimum Gasteiger partial charge on any atom is -0.633 e. The van der Waals surface area contributed by atoms with Crippen molar-refractivity contribution in [3.8, 4) is 0 Å². The van der Waals surface area contributed by atoms with Crippen LogP contribution in [0.3, 0.4) is 0 Å². The minimum absolute atomic E-state index is 0.154. The Bertz CT molecular complexity index is 646. The molecule has 0 aromatic carbocycles. The Morgan fingerprint density at radius 1 is 1.36 bits per heavy atom. The summed E-state index contributed by atoms with van der Waals surface area (Å²) in [5, 5.41) is 16.5. The lowest BCUT2D eigenvalue weighted by molar-refractivity contribution is -0.905. The van der Waals surface area contributed by atoms with Crippen molar-refractivity contribution in [1.82, 2.24) is 4.98 Å². The molecule has 2 bridgehead atoms. The van der Waals surface area contributed by atoms with E-state index in [9.17, 15) is 5.21 Å².